The molecule has 1 rings (SSSR count). The Bertz CT molecular complexity index is 434. The van der Waals surface area contributed by atoms with Gasteiger partial charge in [-0.3, -0.25) is 0 Å². The third-order valence-electron chi connectivity index (χ3n) is 3.53. The fraction of sp³-hybridized carbons (Fsp3) is 0.625. The Hall–Kier alpha value is -1.20. The fourth-order valence-electron chi connectivity index (χ4n) is 2.37. The molecule has 0 bridgehead atoms. The van der Waals surface area contributed by atoms with Crippen molar-refractivity contribution in [3.63, 3.8) is 0 Å². The molecule has 5 heteroatoms. The van der Waals surface area contributed by atoms with Gasteiger partial charge >= 0.3 is 0 Å². The molecule has 21 heavy (non-hydrogen) atoms. The van der Waals surface area contributed by atoms with E-state index in [9.17, 15) is 13.9 Å². The van der Waals surface area contributed by atoms with Crippen LogP contribution in [0.25, 0.3) is 0 Å². The Labute approximate surface area is 125 Å². The molecule has 2 N–H and O–H groups in total. The predicted octanol–water partition coefficient (Wildman–Crippen LogP) is 3.26. The third kappa shape index (κ3) is 5.59. The van der Waals surface area contributed by atoms with Crippen LogP contribution in [0.2, 0.25) is 0 Å². The lowest BCUT2D eigenvalue weighted by Crippen LogP contribution is -2.51. The van der Waals surface area contributed by atoms with E-state index in [1.54, 1.807) is 0 Å². The maximum atomic E-state index is 13.0. The number of halogens is 2. The van der Waals surface area contributed by atoms with Crippen LogP contribution in [0, 0.1) is 11.6 Å². The summed E-state index contributed by atoms with van der Waals surface area (Å²) >= 11 is 0. The molecule has 0 saturated heterocycles. The molecule has 1 aromatic rings. The highest BCUT2D eigenvalue weighted by Crippen LogP contribution is 2.20. The van der Waals surface area contributed by atoms with Crippen molar-refractivity contribution in [3.05, 3.63) is 29.8 Å². The maximum Gasteiger partial charge on any atom is 0.162 e. The van der Waals surface area contributed by atoms with E-state index in [1.165, 1.54) is 6.07 Å². The van der Waals surface area contributed by atoms with E-state index in [0.717, 1.165) is 25.0 Å². The fourth-order valence-corrected chi connectivity index (χ4v) is 2.37. The van der Waals surface area contributed by atoms with E-state index >= 15 is 0 Å². The lowest BCUT2D eigenvalue weighted by atomic mass is 9.90. The summed E-state index contributed by atoms with van der Waals surface area (Å²) in [7, 11) is 0. The first-order valence-electron chi connectivity index (χ1n) is 7.39. The number of aliphatic hydroxyl groups is 1. The van der Waals surface area contributed by atoms with Gasteiger partial charge in [0, 0.05) is 17.6 Å². The Kier molecular flexibility index (Phi) is 7.05. The largest absolute Gasteiger partial charge is 0.493 e. The summed E-state index contributed by atoms with van der Waals surface area (Å²) in [5.41, 5.74) is -0.314. The van der Waals surface area contributed by atoms with Gasteiger partial charge in [0.15, 0.2) is 11.6 Å². The Morgan fingerprint density at radius 2 is 2.00 bits per heavy atom. The minimum absolute atomic E-state index is 0.0624. The minimum Gasteiger partial charge on any atom is -0.493 e. The Morgan fingerprint density at radius 3 is 2.52 bits per heavy atom. The topological polar surface area (TPSA) is 41.5 Å². The number of rotatable bonds is 9. The second-order valence-corrected chi connectivity index (χ2v) is 5.62. The molecule has 1 aromatic carbocycles. The van der Waals surface area contributed by atoms with E-state index in [-0.39, 0.29) is 18.2 Å². The molecular formula is C16H25F2NO2. The van der Waals surface area contributed by atoms with Gasteiger partial charge in [0.25, 0.3) is 0 Å². The molecule has 0 radical (unpaired) electrons. The highest BCUT2D eigenvalue weighted by atomic mass is 19.2. The molecule has 0 aliphatic rings. The summed E-state index contributed by atoms with van der Waals surface area (Å²) < 4.78 is 31.2. The number of nitrogens with one attached hydrogen (secondary N) is 1. The summed E-state index contributed by atoms with van der Waals surface area (Å²) in [5, 5.41) is 13.0. The molecular weight excluding hydrogens is 276 g/mol. The first kappa shape index (κ1) is 17.9. The highest BCUT2D eigenvalue weighted by molar-refractivity contribution is 5.23. The molecule has 120 valence electrons. The summed E-state index contributed by atoms with van der Waals surface area (Å²) in [5.74, 6) is -1.47. The average Bonchev–Trinajstić information content (AvgIpc) is 2.45. The van der Waals surface area contributed by atoms with Crippen molar-refractivity contribution in [2.24, 2.45) is 0 Å². The van der Waals surface area contributed by atoms with Gasteiger partial charge in [0.1, 0.15) is 5.75 Å². The van der Waals surface area contributed by atoms with Gasteiger partial charge < -0.3 is 15.2 Å². The van der Waals surface area contributed by atoms with Crippen LogP contribution in [0.5, 0.6) is 5.75 Å². The number of hydrogen-bond donors (Lipinski definition) is 2. The lowest BCUT2D eigenvalue weighted by molar-refractivity contribution is 0.129. The van der Waals surface area contributed by atoms with Gasteiger partial charge in [-0.15, -0.1) is 0 Å². The van der Waals surface area contributed by atoms with Crippen LogP contribution in [-0.2, 0) is 0 Å². The van der Waals surface area contributed by atoms with Crippen molar-refractivity contribution in [3.8, 4) is 5.75 Å². The van der Waals surface area contributed by atoms with Crippen LogP contribution in [0.4, 0.5) is 8.78 Å². The number of aliphatic hydroxyl groups excluding tert-OH is 1. The molecule has 0 heterocycles. The van der Waals surface area contributed by atoms with Crippen molar-refractivity contribution in [1.82, 2.24) is 5.32 Å². The molecule has 0 aliphatic heterocycles. The normalized spacial score (nSPS) is 14.2. The molecule has 0 spiro atoms. The number of hydrogen-bond acceptors (Lipinski definition) is 3. The van der Waals surface area contributed by atoms with Crippen LogP contribution in [0.1, 0.15) is 40.0 Å². The van der Waals surface area contributed by atoms with E-state index in [4.69, 9.17) is 4.74 Å². The van der Waals surface area contributed by atoms with E-state index in [0.29, 0.717) is 18.8 Å². The Balaban J connectivity index is 2.45. The number of ether oxygens (including phenoxy) is 1. The third-order valence-corrected chi connectivity index (χ3v) is 3.53. The van der Waals surface area contributed by atoms with Crippen molar-refractivity contribution >= 4 is 0 Å². The van der Waals surface area contributed by atoms with Crippen molar-refractivity contribution < 1.29 is 18.6 Å². The first-order valence-corrected chi connectivity index (χ1v) is 7.39. The zero-order valence-corrected chi connectivity index (χ0v) is 13.0. The van der Waals surface area contributed by atoms with E-state index in [1.807, 2.05) is 20.8 Å². The molecule has 1 atom stereocenters. The van der Waals surface area contributed by atoms with Crippen molar-refractivity contribution in [1.29, 1.82) is 0 Å². The van der Waals surface area contributed by atoms with Gasteiger partial charge in [-0.05, 0) is 31.4 Å². The van der Waals surface area contributed by atoms with Crippen molar-refractivity contribution in [2.45, 2.75) is 51.6 Å². The predicted molar refractivity (Wildman–Crippen MR) is 79.5 cm³/mol. The van der Waals surface area contributed by atoms with Crippen LogP contribution in [0.3, 0.4) is 0 Å². The zero-order valence-electron chi connectivity index (χ0n) is 13.0. The van der Waals surface area contributed by atoms with Crippen LogP contribution in [-0.4, -0.2) is 29.9 Å². The second-order valence-electron chi connectivity index (χ2n) is 5.62. The molecule has 0 fully saturated rings. The molecule has 0 saturated carbocycles. The van der Waals surface area contributed by atoms with Crippen LogP contribution >= 0.6 is 0 Å². The van der Waals surface area contributed by atoms with Crippen molar-refractivity contribution in [2.75, 3.05) is 13.2 Å². The first-order chi connectivity index (χ1) is 9.92. The monoisotopic (exact) mass is 301 g/mol. The van der Waals surface area contributed by atoms with Gasteiger partial charge in [-0.2, -0.15) is 0 Å². The zero-order chi connectivity index (χ0) is 15.9. The van der Waals surface area contributed by atoms with E-state index in [2.05, 4.69) is 5.32 Å². The smallest absolute Gasteiger partial charge is 0.162 e. The summed E-state index contributed by atoms with van der Waals surface area (Å²) in [6.45, 7) is 6.57. The van der Waals surface area contributed by atoms with Gasteiger partial charge in [-0.1, -0.05) is 20.8 Å². The molecule has 0 aromatic heterocycles. The molecule has 0 amide bonds. The molecule has 1 unspecified atom stereocenters. The summed E-state index contributed by atoms with van der Waals surface area (Å²) in [6, 6.07) is 3.78. The van der Waals surface area contributed by atoms with Crippen LogP contribution in [0.15, 0.2) is 18.2 Å². The Morgan fingerprint density at radius 1 is 1.29 bits per heavy atom. The maximum absolute atomic E-state index is 13.0. The van der Waals surface area contributed by atoms with Gasteiger partial charge in [0.2, 0.25) is 0 Å². The van der Waals surface area contributed by atoms with Gasteiger partial charge in [0.05, 0.1) is 13.2 Å². The minimum atomic E-state index is -0.910. The lowest BCUT2D eigenvalue weighted by Gasteiger charge is -2.34. The summed E-state index contributed by atoms with van der Waals surface area (Å²) in [4.78, 5) is 0. The quantitative estimate of drug-likeness (QED) is 0.688. The van der Waals surface area contributed by atoms with E-state index < -0.39 is 11.6 Å². The number of benzene rings is 1. The average molecular weight is 301 g/mol. The SMILES string of the molecule is CCC(CO)(CCCOc1ccc(F)c(F)c1)NC(C)C. The highest BCUT2D eigenvalue weighted by Gasteiger charge is 2.27. The van der Waals surface area contributed by atoms with Crippen LogP contribution < -0.4 is 10.1 Å². The standard InChI is InChI=1S/C16H25F2NO2/c1-4-16(11-20,19-12(2)3)8-5-9-21-13-6-7-14(17)15(18)10-13/h6-7,10,12,19-20H,4-5,8-9,11H2,1-3H3. The summed E-state index contributed by atoms with van der Waals surface area (Å²) in [6.07, 6.45) is 2.28. The second kappa shape index (κ2) is 8.29. The van der Waals surface area contributed by atoms with Gasteiger partial charge in [-0.25, -0.2) is 8.78 Å². The molecule has 3 nitrogen and oxygen atoms in total. The molecule has 0 aliphatic carbocycles.